The van der Waals surface area contributed by atoms with Crippen LogP contribution in [0.1, 0.15) is 24.2 Å². The maximum atomic E-state index is 13.7. The number of hydrogen-bond donors (Lipinski definition) is 1. The van der Waals surface area contributed by atoms with E-state index in [0.29, 0.717) is 10.7 Å². The van der Waals surface area contributed by atoms with Crippen LogP contribution in [0.4, 0.5) is 10.1 Å². The lowest BCUT2D eigenvalue weighted by Gasteiger charge is -2.16. The lowest BCUT2D eigenvalue weighted by Crippen LogP contribution is -2.09. The highest BCUT2D eigenvalue weighted by molar-refractivity contribution is 6.33. The molecule has 0 spiro atoms. The van der Waals surface area contributed by atoms with Gasteiger partial charge in [-0.1, -0.05) is 17.7 Å². The molecule has 0 fully saturated rings. The van der Waals surface area contributed by atoms with E-state index < -0.39 is 0 Å². The molecule has 5 heteroatoms. The number of aromatic nitrogens is 2. The summed E-state index contributed by atoms with van der Waals surface area (Å²) in [5, 5.41) is 7.74. The molecule has 3 nitrogen and oxygen atoms in total. The molecule has 2 aromatic rings. The summed E-state index contributed by atoms with van der Waals surface area (Å²) in [7, 11) is 1.86. The molecule has 0 saturated carbocycles. The Bertz CT molecular complexity index is 545. The number of nitrogens with zero attached hydrogens (tertiary/aromatic N) is 2. The number of hydrogen-bond acceptors (Lipinski definition) is 2. The van der Waals surface area contributed by atoms with Crippen molar-refractivity contribution in [2.75, 3.05) is 5.32 Å². The smallest absolute Gasteiger partial charge is 0.147 e. The molecule has 1 atom stereocenters. The van der Waals surface area contributed by atoms with Crippen LogP contribution in [0.3, 0.4) is 0 Å². The fourth-order valence-electron chi connectivity index (χ4n) is 1.97. The van der Waals surface area contributed by atoms with Crippen LogP contribution >= 0.6 is 11.6 Å². The summed E-state index contributed by atoms with van der Waals surface area (Å²) in [6.07, 6.45) is 1.92. The predicted octanol–water partition coefficient (Wildman–Crippen LogP) is 3.69. The number of aryl methyl sites for hydroxylation is 2. The van der Waals surface area contributed by atoms with Crippen molar-refractivity contribution in [1.29, 1.82) is 0 Å². The van der Waals surface area contributed by atoms with E-state index >= 15 is 0 Å². The number of para-hydroxylation sites is 1. The van der Waals surface area contributed by atoms with Gasteiger partial charge in [-0.25, -0.2) is 4.39 Å². The predicted molar refractivity (Wildman–Crippen MR) is 71.4 cm³/mol. The minimum atomic E-state index is -0.351. The molecule has 0 amide bonds. The molecule has 1 N–H and O–H groups in total. The van der Waals surface area contributed by atoms with E-state index in [1.54, 1.807) is 16.8 Å². The topological polar surface area (TPSA) is 29.9 Å². The largest absolute Gasteiger partial charge is 0.375 e. The first kappa shape index (κ1) is 12.9. The highest BCUT2D eigenvalue weighted by Gasteiger charge is 2.15. The Labute approximate surface area is 111 Å². The van der Waals surface area contributed by atoms with Gasteiger partial charge in [-0.15, -0.1) is 0 Å². The van der Waals surface area contributed by atoms with Crippen molar-refractivity contribution < 1.29 is 4.39 Å². The zero-order valence-electron chi connectivity index (χ0n) is 10.5. The Hall–Kier alpha value is -1.55. The lowest BCUT2D eigenvalue weighted by atomic mass is 10.1. The van der Waals surface area contributed by atoms with E-state index in [-0.39, 0.29) is 11.9 Å². The van der Waals surface area contributed by atoms with Crippen LogP contribution in [0.25, 0.3) is 0 Å². The van der Waals surface area contributed by atoms with Gasteiger partial charge in [0.1, 0.15) is 5.82 Å². The summed E-state index contributed by atoms with van der Waals surface area (Å²) in [5.41, 5.74) is 2.27. The SMILES string of the molecule is Cc1nn(C)cc1C(C)Nc1c(F)cccc1Cl. The first-order chi connectivity index (χ1) is 8.49. The zero-order chi connectivity index (χ0) is 13.3. The molecule has 1 heterocycles. The third-order valence-electron chi connectivity index (χ3n) is 2.84. The molecule has 0 aliphatic rings. The summed E-state index contributed by atoms with van der Waals surface area (Å²) in [5.74, 6) is -0.351. The van der Waals surface area contributed by atoms with Crippen molar-refractivity contribution in [2.24, 2.45) is 7.05 Å². The number of anilines is 1. The van der Waals surface area contributed by atoms with Gasteiger partial charge in [0, 0.05) is 18.8 Å². The quantitative estimate of drug-likeness (QED) is 0.919. The molecule has 0 saturated heterocycles. The Morgan fingerprint density at radius 2 is 2.17 bits per heavy atom. The molecular weight excluding hydrogens is 253 g/mol. The fourth-order valence-corrected chi connectivity index (χ4v) is 2.19. The summed E-state index contributed by atoms with van der Waals surface area (Å²) in [4.78, 5) is 0. The highest BCUT2D eigenvalue weighted by atomic mass is 35.5. The van der Waals surface area contributed by atoms with Crippen molar-refractivity contribution in [1.82, 2.24) is 9.78 Å². The third-order valence-corrected chi connectivity index (χ3v) is 3.16. The molecule has 1 aromatic heterocycles. The first-order valence-electron chi connectivity index (χ1n) is 5.69. The first-order valence-corrected chi connectivity index (χ1v) is 6.07. The van der Waals surface area contributed by atoms with Crippen molar-refractivity contribution in [3.8, 4) is 0 Å². The van der Waals surface area contributed by atoms with E-state index in [9.17, 15) is 4.39 Å². The Balaban J connectivity index is 2.26. The summed E-state index contributed by atoms with van der Waals surface area (Å²) < 4.78 is 15.4. The van der Waals surface area contributed by atoms with Crippen LogP contribution in [0.2, 0.25) is 5.02 Å². The zero-order valence-corrected chi connectivity index (χ0v) is 11.3. The van der Waals surface area contributed by atoms with E-state index in [2.05, 4.69) is 10.4 Å². The van der Waals surface area contributed by atoms with Gasteiger partial charge in [0.05, 0.1) is 22.4 Å². The maximum absolute atomic E-state index is 13.7. The minimum Gasteiger partial charge on any atom is -0.375 e. The molecular formula is C13H15ClFN3. The number of rotatable bonds is 3. The van der Waals surface area contributed by atoms with E-state index in [1.807, 2.05) is 27.1 Å². The van der Waals surface area contributed by atoms with Crippen molar-refractivity contribution in [3.05, 3.63) is 46.5 Å². The monoisotopic (exact) mass is 267 g/mol. The van der Waals surface area contributed by atoms with Gasteiger partial charge < -0.3 is 5.32 Å². The molecule has 0 bridgehead atoms. The van der Waals surface area contributed by atoms with E-state index in [1.165, 1.54) is 6.07 Å². The van der Waals surface area contributed by atoms with Gasteiger partial charge >= 0.3 is 0 Å². The second-order valence-corrected chi connectivity index (χ2v) is 4.71. The van der Waals surface area contributed by atoms with Crippen LogP contribution in [0, 0.1) is 12.7 Å². The van der Waals surface area contributed by atoms with Crippen molar-refractivity contribution >= 4 is 17.3 Å². The summed E-state index contributed by atoms with van der Waals surface area (Å²) in [6.45, 7) is 3.88. The molecule has 18 heavy (non-hydrogen) atoms. The average Bonchev–Trinajstić information content (AvgIpc) is 2.63. The van der Waals surface area contributed by atoms with Crippen molar-refractivity contribution in [3.63, 3.8) is 0 Å². The maximum Gasteiger partial charge on any atom is 0.147 e. The van der Waals surface area contributed by atoms with Crippen molar-refractivity contribution in [2.45, 2.75) is 19.9 Å². The molecule has 0 aliphatic carbocycles. The van der Waals surface area contributed by atoms with Gasteiger partial charge in [0.25, 0.3) is 0 Å². The number of nitrogens with one attached hydrogen (secondary N) is 1. The summed E-state index contributed by atoms with van der Waals surface area (Å²) in [6, 6.07) is 4.57. The van der Waals surface area contributed by atoms with Crippen LogP contribution < -0.4 is 5.32 Å². The number of halogens is 2. The standard InChI is InChI=1S/C13H15ClFN3/c1-8(10-7-18(3)17-9(10)2)16-13-11(14)5-4-6-12(13)15/h4-8,16H,1-3H3. The van der Waals surface area contributed by atoms with Crippen LogP contribution in [0.5, 0.6) is 0 Å². The van der Waals surface area contributed by atoms with Gasteiger partial charge in [-0.3, -0.25) is 4.68 Å². The highest BCUT2D eigenvalue weighted by Crippen LogP contribution is 2.29. The molecule has 1 unspecified atom stereocenters. The molecule has 1 aromatic carbocycles. The second-order valence-electron chi connectivity index (χ2n) is 4.31. The Kier molecular flexibility index (Phi) is 3.57. The molecule has 96 valence electrons. The Morgan fingerprint density at radius 1 is 1.44 bits per heavy atom. The van der Waals surface area contributed by atoms with Gasteiger partial charge in [0.15, 0.2) is 0 Å². The average molecular weight is 268 g/mol. The lowest BCUT2D eigenvalue weighted by molar-refractivity contribution is 0.627. The molecule has 2 rings (SSSR count). The second kappa shape index (κ2) is 4.98. The third kappa shape index (κ3) is 2.48. The van der Waals surface area contributed by atoms with Gasteiger partial charge in [-0.05, 0) is 26.0 Å². The van der Waals surface area contributed by atoms with E-state index in [4.69, 9.17) is 11.6 Å². The van der Waals surface area contributed by atoms with Crippen LogP contribution in [0.15, 0.2) is 24.4 Å². The molecule has 0 radical (unpaired) electrons. The minimum absolute atomic E-state index is 0.0619. The number of benzene rings is 1. The fraction of sp³-hybridized carbons (Fsp3) is 0.308. The Morgan fingerprint density at radius 3 is 2.72 bits per heavy atom. The normalized spacial score (nSPS) is 12.5. The molecule has 0 aliphatic heterocycles. The summed E-state index contributed by atoms with van der Waals surface area (Å²) >= 11 is 5.98. The van der Waals surface area contributed by atoms with Crippen LogP contribution in [-0.4, -0.2) is 9.78 Å². The van der Waals surface area contributed by atoms with E-state index in [0.717, 1.165) is 11.3 Å². The van der Waals surface area contributed by atoms with Crippen LogP contribution in [-0.2, 0) is 7.05 Å². The van der Waals surface area contributed by atoms with Gasteiger partial charge in [-0.2, -0.15) is 5.10 Å². The van der Waals surface area contributed by atoms with Gasteiger partial charge in [0.2, 0.25) is 0 Å².